The van der Waals surface area contributed by atoms with Crippen LogP contribution in [0.3, 0.4) is 0 Å². The highest BCUT2D eigenvalue weighted by Gasteiger charge is 2.16. The third kappa shape index (κ3) is 5.90. The maximum Gasteiger partial charge on any atom is 0.266 e. The van der Waals surface area contributed by atoms with Crippen LogP contribution in [0.4, 0.5) is 5.69 Å². The summed E-state index contributed by atoms with van der Waals surface area (Å²) in [7, 11) is 3.04. The van der Waals surface area contributed by atoms with E-state index >= 15 is 0 Å². The lowest BCUT2D eigenvalue weighted by Gasteiger charge is -2.17. The quantitative estimate of drug-likeness (QED) is 0.481. The average molecular weight is 415 g/mol. The van der Waals surface area contributed by atoms with Crippen LogP contribution in [0.2, 0.25) is 5.02 Å². The summed E-state index contributed by atoms with van der Waals surface area (Å²) in [5.41, 5.74) is 0.977. The van der Waals surface area contributed by atoms with Gasteiger partial charge in [-0.05, 0) is 49.2 Å². The van der Waals surface area contributed by atoms with Crippen molar-refractivity contribution in [1.82, 2.24) is 0 Å². The Morgan fingerprint density at radius 2 is 2.03 bits per heavy atom. The van der Waals surface area contributed by atoms with Gasteiger partial charge in [-0.1, -0.05) is 24.6 Å². The number of rotatable bonds is 8. The minimum Gasteiger partial charge on any atom is -0.497 e. The number of ether oxygens (including phenoxy) is 3. The number of anilines is 1. The van der Waals surface area contributed by atoms with Gasteiger partial charge in [-0.25, -0.2) is 0 Å². The SMILES string of the molecule is CC[C@@H](C)Oc1c(Cl)cc(/C=C(/C#N)C(=O)Nc2cccc(OC)c2)cc1OC. The smallest absolute Gasteiger partial charge is 0.266 e. The molecule has 0 aliphatic heterocycles. The van der Waals surface area contributed by atoms with Gasteiger partial charge in [-0.15, -0.1) is 0 Å². The molecule has 1 atom stereocenters. The number of carbonyl (C=O) groups excluding carboxylic acids is 1. The molecule has 7 heteroatoms. The summed E-state index contributed by atoms with van der Waals surface area (Å²) in [4.78, 5) is 12.5. The van der Waals surface area contributed by atoms with Crippen LogP contribution in [-0.2, 0) is 4.79 Å². The molecule has 0 saturated heterocycles. The molecule has 2 rings (SSSR count). The van der Waals surface area contributed by atoms with Gasteiger partial charge in [0.25, 0.3) is 5.91 Å². The van der Waals surface area contributed by atoms with Crippen molar-refractivity contribution in [2.75, 3.05) is 19.5 Å². The molecular weight excluding hydrogens is 392 g/mol. The van der Waals surface area contributed by atoms with Crippen molar-refractivity contribution in [1.29, 1.82) is 5.26 Å². The molecule has 6 nitrogen and oxygen atoms in total. The highest BCUT2D eigenvalue weighted by atomic mass is 35.5. The lowest BCUT2D eigenvalue weighted by Crippen LogP contribution is -2.13. The van der Waals surface area contributed by atoms with Crippen molar-refractivity contribution in [3.8, 4) is 23.3 Å². The van der Waals surface area contributed by atoms with E-state index in [0.29, 0.717) is 33.5 Å². The minimum absolute atomic E-state index is 0.0360. The summed E-state index contributed by atoms with van der Waals surface area (Å²) < 4.78 is 16.3. The van der Waals surface area contributed by atoms with Crippen LogP contribution in [0.25, 0.3) is 6.08 Å². The number of hydrogen-bond acceptors (Lipinski definition) is 5. The molecule has 0 fully saturated rings. The fourth-order valence-corrected chi connectivity index (χ4v) is 2.70. The number of nitrogens with one attached hydrogen (secondary N) is 1. The molecule has 2 aromatic rings. The number of methoxy groups -OCH3 is 2. The normalized spacial score (nSPS) is 11.9. The molecule has 2 aromatic carbocycles. The van der Waals surface area contributed by atoms with E-state index in [-0.39, 0.29) is 11.7 Å². The van der Waals surface area contributed by atoms with Crippen LogP contribution in [-0.4, -0.2) is 26.2 Å². The maximum absolute atomic E-state index is 12.5. The van der Waals surface area contributed by atoms with Gasteiger partial charge < -0.3 is 19.5 Å². The Hall–Kier alpha value is -3.17. The summed E-state index contributed by atoms with van der Waals surface area (Å²) >= 11 is 6.35. The molecule has 1 N–H and O–H groups in total. The largest absolute Gasteiger partial charge is 0.497 e. The zero-order chi connectivity index (χ0) is 21.4. The van der Waals surface area contributed by atoms with Crippen molar-refractivity contribution in [3.05, 3.63) is 52.6 Å². The second-order valence-corrected chi connectivity index (χ2v) is 6.63. The average Bonchev–Trinajstić information content (AvgIpc) is 2.73. The molecule has 0 unspecified atom stereocenters. The lowest BCUT2D eigenvalue weighted by atomic mass is 10.1. The zero-order valence-corrected chi connectivity index (χ0v) is 17.5. The van der Waals surface area contributed by atoms with Crippen molar-refractivity contribution in [2.45, 2.75) is 26.4 Å². The topological polar surface area (TPSA) is 80.6 Å². The predicted octanol–water partition coefficient (Wildman–Crippen LogP) is 5.08. The Balaban J connectivity index is 2.30. The molecule has 152 valence electrons. The van der Waals surface area contributed by atoms with Crippen molar-refractivity contribution >= 4 is 29.3 Å². The van der Waals surface area contributed by atoms with Gasteiger partial charge in [0.1, 0.15) is 17.4 Å². The standard InChI is InChI=1S/C22H23ClN2O4/c1-5-14(2)29-21-19(23)10-15(11-20(21)28-4)9-16(13-24)22(26)25-17-7-6-8-18(12-17)27-3/h6-12,14H,5H2,1-4H3,(H,25,26)/b16-9-/t14-/m1/s1. The van der Waals surface area contributed by atoms with Crippen molar-refractivity contribution < 1.29 is 19.0 Å². The van der Waals surface area contributed by atoms with E-state index in [4.69, 9.17) is 25.8 Å². The number of halogens is 1. The predicted molar refractivity (Wildman–Crippen MR) is 114 cm³/mol. The molecule has 0 radical (unpaired) electrons. The molecule has 29 heavy (non-hydrogen) atoms. The number of nitriles is 1. The maximum atomic E-state index is 12.5. The Labute approximate surface area is 175 Å². The van der Waals surface area contributed by atoms with E-state index in [1.165, 1.54) is 20.3 Å². The second kappa shape index (κ2) is 10.4. The van der Waals surface area contributed by atoms with Crippen LogP contribution in [0.1, 0.15) is 25.8 Å². The van der Waals surface area contributed by atoms with Gasteiger partial charge in [0.05, 0.1) is 25.3 Å². The number of carbonyl (C=O) groups is 1. The number of amides is 1. The fraction of sp³-hybridized carbons (Fsp3) is 0.273. The Kier molecular flexibility index (Phi) is 7.93. The minimum atomic E-state index is -0.546. The van der Waals surface area contributed by atoms with Gasteiger partial charge in [-0.2, -0.15) is 5.26 Å². The zero-order valence-electron chi connectivity index (χ0n) is 16.8. The molecule has 0 aromatic heterocycles. The van der Waals surface area contributed by atoms with E-state index < -0.39 is 5.91 Å². The van der Waals surface area contributed by atoms with Gasteiger partial charge >= 0.3 is 0 Å². The molecule has 0 spiro atoms. The van der Waals surface area contributed by atoms with Crippen LogP contribution in [0.5, 0.6) is 17.2 Å². The van der Waals surface area contributed by atoms with Crippen LogP contribution in [0, 0.1) is 11.3 Å². The monoisotopic (exact) mass is 414 g/mol. The van der Waals surface area contributed by atoms with E-state index in [9.17, 15) is 10.1 Å². The second-order valence-electron chi connectivity index (χ2n) is 6.23. The Morgan fingerprint density at radius 3 is 2.66 bits per heavy atom. The van der Waals surface area contributed by atoms with E-state index in [0.717, 1.165) is 6.42 Å². The van der Waals surface area contributed by atoms with Gasteiger partial charge in [0.15, 0.2) is 11.5 Å². The van der Waals surface area contributed by atoms with Crippen molar-refractivity contribution in [3.63, 3.8) is 0 Å². The fourth-order valence-electron chi connectivity index (χ4n) is 2.44. The molecule has 0 heterocycles. The third-order valence-corrected chi connectivity index (χ3v) is 4.43. The van der Waals surface area contributed by atoms with Crippen LogP contribution >= 0.6 is 11.6 Å². The molecular formula is C22H23ClN2O4. The summed E-state index contributed by atoms with van der Waals surface area (Å²) in [6, 6.07) is 12.1. The van der Waals surface area contributed by atoms with E-state index in [1.54, 1.807) is 36.4 Å². The molecule has 0 bridgehead atoms. The van der Waals surface area contributed by atoms with Gasteiger partial charge in [0.2, 0.25) is 0 Å². The highest BCUT2D eigenvalue weighted by Crippen LogP contribution is 2.38. The molecule has 1 amide bonds. The summed E-state index contributed by atoms with van der Waals surface area (Å²) in [6.07, 6.45) is 2.22. The number of benzene rings is 2. The summed E-state index contributed by atoms with van der Waals surface area (Å²) in [5.74, 6) is 0.907. The third-order valence-electron chi connectivity index (χ3n) is 4.15. The first kappa shape index (κ1) is 22.1. The lowest BCUT2D eigenvalue weighted by molar-refractivity contribution is -0.112. The van der Waals surface area contributed by atoms with E-state index in [1.807, 2.05) is 19.9 Å². The van der Waals surface area contributed by atoms with Crippen LogP contribution in [0.15, 0.2) is 42.0 Å². The molecule has 0 aliphatic rings. The molecule has 0 aliphatic carbocycles. The number of nitrogens with zero attached hydrogens (tertiary/aromatic N) is 1. The van der Waals surface area contributed by atoms with Crippen LogP contribution < -0.4 is 19.5 Å². The molecule has 0 saturated carbocycles. The van der Waals surface area contributed by atoms with Crippen molar-refractivity contribution in [2.24, 2.45) is 0 Å². The number of hydrogen-bond donors (Lipinski definition) is 1. The Morgan fingerprint density at radius 1 is 1.28 bits per heavy atom. The highest BCUT2D eigenvalue weighted by molar-refractivity contribution is 6.32. The first-order valence-corrected chi connectivity index (χ1v) is 9.41. The van der Waals surface area contributed by atoms with Gasteiger partial charge in [-0.3, -0.25) is 4.79 Å². The Bertz CT molecular complexity index is 950. The first-order chi connectivity index (χ1) is 13.9. The summed E-state index contributed by atoms with van der Waals surface area (Å²) in [5, 5.41) is 12.5. The van der Waals surface area contributed by atoms with Gasteiger partial charge in [0, 0.05) is 11.8 Å². The summed E-state index contributed by atoms with van der Waals surface area (Å²) in [6.45, 7) is 3.93. The first-order valence-electron chi connectivity index (χ1n) is 9.03. The van der Waals surface area contributed by atoms with E-state index in [2.05, 4.69) is 5.32 Å².